The summed E-state index contributed by atoms with van der Waals surface area (Å²) < 4.78 is 54.9. The van der Waals surface area contributed by atoms with Crippen molar-refractivity contribution in [3.05, 3.63) is 0 Å². The van der Waals surface area contributed by atoms with Crippen molar-refractivity contribution < 1.29 is 27.2 Å². The lowest BCUT2D eigenvalue weighted by molar-refractivity contribution is -0.214. The molecule has 7 heteroatoms. The van der Waals surface area contributed by atoms with E-state index in [1.54, 1.807) is 6.92 Å². The summed E-state index contributed by atoms with van der Waals surface area (Å²) in [6.07, 6.45) is -3.38. The molecule has 1 aliphatic carbocycles. The maximum Gasteiger partial charge on any atom is 0.415 e. The Hall–Kier alpha value is -0.0600. The van der Waals surface area contributed by atoms with Crippen LogP contribution in [0.5, 0.6) is 0 Å². The molecule has 1 fully saturated rings. The average molecular weight is 288 g/mol. The molecule has 1 rings (SSSR count). The van der Waals surface area contributed by atoms with E-state index in [2.05, 4.69) is 4.52 Å². The monoisotopic (exact) mass is 288 g/mol. The van der Waals surface area contributed by atoms with E-state index in [1.807, 2.05) is 0 Å². The van der Waals surface area contributed by atoms with Gasteiger partial charge in [-0.05, 0) is 25.2 Å². The van der Waals surface area contributed by atoms with Gasteiger partial charge in [-0.1, -0.05) is 26.2 Å². The maximum absolute atomic E-state index is 12.9. The lowest BCUT2D eigenvalue weighted by Gasteiger charge is -2.32. The number of alkyl halides is 3. The topological polar surface area (TPSA) is 46.5 Å². The van der Waals surface area contributed by atoms with Crippen LogP contribution in [0.4, 0.5) is 13.2 Å². The van der Waals surface area contributed by atoms with Gasteiger partial charge in [-0.15, -0.1) is 0 Å². The highest BCUT2D eigenvalue weighted by molar-refractivity contribution is 7.52. The molecule has 0 spiro atoms. The molecule has 0 aromatic carbocycles. The van der Waals surface area contributed by atoms with Gasteiger partial charge in [0.25, 0.3) is 0 Å². The Morgan fingerprint density at radius 2 is 1.89 bits per heavy atom. The van der Waals surface area contributed by atoms with Crippen LogP contribution in [0, 0.1) is 5.92 Å². The van der Waals surface area contributed by atoms with Crippen LogP contribution in [0.15, 0.2) is 0 Å². The average Bonchev–Trinajstić information content (AvgIpc) is 2.26. The summed E-state index contributed by atoms with van der Waals surface area (Å²) in [6, 6.07) is 0. The first kappa shape index (κ1) is 16.0. The molecular weight excluding hydrogens is 268 g/mol. The lowest BCUT2D eigenvalue weighted by Crippen LogP contribution is -2.39. The highest BCUT2D eigenvalue weighted by Crippen LogP contribution is 2.49. The Morgan fingerprint density at radius 1 is 1.33 bits per heavy atom. The smallest absolute Gasteiger partial charge is 0.324 e. The molecule has 2 atom stereocenters. The quantitative estimate of drug-likeness (QED) is 0.774. The fourth-order valence-electron chi connectivity index (χ4n) is 2.36. The second-order valence-corrected chi connectivity index (χ2v) is 6.76. The molecule has 108 valence electrons. The molecule has 0 radical (unpaired) electrons. The molecular formula is C11H20F3O3P. The third-order valence-corrected chi connectivity index (χ3v) is 4.75. The summed E-state index contributed by atoms with van der Waals surface area (Å²) in [7, 11) is -4.13. The molecule has 18 heavy (non-hydrogen) atoms. The van der Waals surface area contributed by atoms with Crippen LogP contribution in [0.2, 0.25) is 0 Å². The Balaban J connectivity index is 2.75. The molecule has 0 bridgehead atoms. The standard InChI is InChI=1S/C11H20F3O3P/c1-2-8-18(15,16)17-10(11(12,13)14)9-6-4-3-5-7-9/h9-10H,2-8H2,1H3,(H,15,16). The van der Waals surface area contributed by atoms with Gasteiger partial charge < -0.3 is 4.89 Å². The molecule has 0 aliphatic heterocycles. The van der Waals surface area contributed by atoms with E-state index in [9.17, 15) is 22.6 Å². The summed E-state index contributed by atoms with van der Waals surface area (Å²) in [5.74, 6) is -0.684. The van der Waals surface area contributed by atoms with Crippen molar-refractivity contribution in [1.29, 1.82) is 0 Å². The molecule has 0 heterocycles. The third kappa shape index (κ3) is 4.90. The van der Waals surface area contributed by atoms with Crippen molar-refractivity contribution in [1.82, 2.24) is 0 Å². The Bertz CT molecular complexity index is 300. The molecule has 0 aromatic heterocycles. The minimum atomic E-state index is -4.58. The van der Waals surface area contributed by atoms with Gasteiger partial charge >= 0.3 is 13.8 Å². The number of halogens is 3. The Labute approximate surface area is 105 Å². The van der Waals surface area contributed by atoms with Gasteiger partial charge in [0.15, 0.2) is 6.10 Å². The maximum atomic E-state index is 12.9. The molecule has 1 saturated carbocycles. The molecule has 0 aromatic rings. The first-order chi connectivity index (χ1) is 8.26. The summed E-state index contributed by atoms with van der Waals surface area (Å²) >= 11 is 0. The van der Waals surface area contributed by atoms with E-state index in [0.29, 0.717) is 19.3 Å². The number of rotatable bonds is 5. The largest absolute Gasteiger partial charge is 0.415 e. The van der Waals surface area contributed by atoms with E-state index in [-0.39, 0.29) is 6.16 Å². The van der Waals surface area contributed by atoms with Crippen LogP contribution in [-0.4, -0.2) is 23.3 Å². The first-order valence-corrected chi connectivity index (χ1v) is 8.09. The summed E-state index contributed by atoms with van der Waals surface area (Å²) in [5.41, 5.74) is 0. The van der Waals surface area contributed by atoms with Crippen molar-refractivity contribution in [3.63, 3.8) is 0 Å². The van der Waals surface area contributed by atoms with Crippen LogP contribution >= 0.6 is 7.60 Å². The van der Waals surface area contributed by atoms with Crippen molar-refractivity contribution >= 4 is 7.60 Å². The number of hydrogen-bond donors (Lipinski definition) is 1. The van der Waals surface area contributed by atoms with Gasteiger partial charge in [-0.3, -0.25) is 9.09 Å². The molecule has 0 amide bonds. The zero-order valence-electron chi connectivity index (χ0n) is 10.4. The fraction of sp³-hybridized carbons (Fsp3) is 1.00. The molecule has 1 aliphatic rings. The first-order valence-electron chi connectivity index (χ1n) is 6.33. The van der Waals surface area contributed by atoms with Crippen molar-refractivity contribution in [3.8, 4) is 0 Å². The van der Waals surface area contributed by atoms with Crippen molar-refractivity contribution in [2.24, 2.45) is 5.92 Å². The second kappa shape index (κ2) is 6.40. The van der Waals surface area contributed by atoms with E-state index >= 15 is 0 Å². The van der Waals surface area contributed by atoms with E-state index < -0.39 is 25.8 Å². The van der Waals surface area contributed by atoms with Gasteiger partial charge in [0.05, 0.1) is 0 Å². The predicted octanol–water partition coefficient (Wildman–Crippen LogP) is 4.11. The zero-order valence-corrected chi connectivity index (χ0v) is 11.3. The van der Waals surface area contributed by atoms with Crippen LogP contribution in [-0.2, 0) is 9.09 Å². The highest BCUT2D eigenvalue weighted by atomic mass is 31.2. The summed E-state index contributed by atoms with van der Waals surface area (Å²) in [6.45, 7) is 1.63. The second-order valence-electron chi connectivity index (χ2n) is 4.83. The normalized spacial score (nSPS) is 23.6. The van der Waals surface area contributed by atoms with E-state index in [1.165, 1.54) is 0 Å². The minimum Gasteiger partial charge on any atom is -0.324 e. The Morgan fingerprint density at radius 3 is 2.33 bits per heavy atom. The van der Waals surface area contributed by atoms with E-state index in [4.69, 9.17) is 0 Å². The van der Waals surface area contributed by atoms with Crippen LogP contribution in [0.25, 0.3) is 0 Å². The van der Waals surface area contributed by atoms with Gasteiger partial charge in [-0.2, -0.15) is 13.2 Å². The van der Waals surface area contributed by atoms with Crippen LogP contribution in [0.1, 0.15) is 45.4 Å². The Kier molecular flexibility index (Phi) is 5.68. The van der Waals surface area contributed by atoms with Gasteiger partial charge in [0.1, 0.15) is 0 Å². The van der Waals surface area contributed by atoms with Gasteiger partial charge in [0, 0.05) is 6.16 Å². The van der Waals surface area contributed by atoms with Crippen LogP contribution in [0.3, 0.4) is 0 Å². The SMILES string of the molecule is CCCP(=O)(O)OC(C1CCCCC1)C(F)(F)F. The third-order valence-electron chi connectivity index (χ3n) is 3.19. The minimum absolute atomic E-state index is 0.230. The molecule has 2 unspecified atom stereocenters. The molecule has 0 saturated heterocycles. The van der Waals surface area contributed by atoms with Crippen molar-refractivity contribution in [2.75, 3.05) is 6.16 Å². The number of hydrogen-bond acceptors (Lipinski definition) is 2. The fourth-order valence-corrected chi connectivity index (χ4v) is 3.68. The summed E-state index contributed by atoms with van der Waals surface area (Å²) in [4.78, 5) is 9.41. The van der Waals surface area contributed by atoms with Crippen LogP contribution < -0.4 is 0 Å². The van der Waals surface area contributed by atoms with E-state index in [0.717, 1.165) is 19.3 Å². The predicted molar refractivity (Wildman–Crippen MR) is 62.5 cm³/mol. The molecule has 1 N–H and O–H groups in total. The lowest BCUT2D eigenvalue weighted by atomic mass is 9.85. The zero-order chi connectivity index (χ0) is 13.8. The molecule has 3 nitrogen and oxygen atoms in total. The van der Waals surface area contributed by atoms with Gasteiger partial charge in [0.2, 0.25) is 0 Å². The van der Waals surface area contributed by atoms with Crippen molar-refractivity contribution in [2.45, 2.75) is 57.7 Å². The van der Waals surface area contributed by atoms with Gasteiger partial charge in [-0.25, -0.2) is 0 Å². The summed E-state index contributed by atoms with van der Waals surface area (Å²) in [5, 5.41) is 0. The highest BCUT2D eigenvalue weighted by Gasteiger charge is 2.48.